The number of aryl methyl sites for hydroxylation is 1. The molecule has 122 valence electrons. The molecule has 2 aromatic carbocycles. The van der Waals surface area contributed by atoms with Crippen LogP contribution < -0.4 is 5.32 Å². The molecule has 1 heterocycles. The second-order valence-corrected chi connectivity index (χ2v) is 5.57. The van der Waals surface area contributed by atoms with Gasteiger partial charge in [0.1, 0.15) is 11.3 Å². The van der Waals surface area contributed by atoms with E-state index in [4.69, 9.17) is 21.1 Å². The number of para-hydroxylation sites is 1. The monoisotopic (exact) mass is 345 g/mol. The first kappa shape index (κ1) is 15.9. The largest absolute Gasteiger partial charge is 0.507 e. The molecule has 0 atom stereocenters. The molecule has 0 aliphatic rings. The smallest absolute Gasteiger partial charge is 0.339 e. The van der Waals surface area contributed by atoms with Crippen molar-refractivity contribution >= 4 is 40.1 Å². The van der Waals surface area contributed by atoms with Crippen LogP contribution in [-0.4, -0.2) is 22.1 Å². The van der Waals surface area contributed by atoms with Gasteiger partial charge in [-0.1, -0.05) is 23.7 Å². The average molecular weight is 346 g/mol. The van der Waals surface area contributed by atoms with Gasteiger partial charge in [0.25, 0.3) is 5.91 Å². The SMILES string of the molecule is Cc1c(C(=O)Nc2ccc(O)c(C(=O)O)c2)oc2c(Cl)cccc12. The Balaban J connectivity index is 1.96. The first-order valence-electron chi connectivity index (χ1n) is 6.93. The van der Waals surface area contributed by atoms with E-state index >= 15 is 0 Å². The van der Waals surface area contributed by atoms with Crippen LogP contribution in [0.3, 0.4) is 0 Å². The van der Waals surface area contributed by atoms with Crippen molar-refractivity contribution in [1.29, 1.82) is 0 Å². The van der Waals surface area contributed by atoms with Crippen molar-refractivity contribution in [3.05, 3.63) is 58.3 Å². The summed E-state index contributed by atoms with van der Waals surface area (Å²) in [6.45, 7) is 1.73. The van der Waals surface area contributed by atoms with Gasteiger partial charge < -0.3 is 19.9 Å². The van der Waals surface area contributed by atoms with E-state index in [9.17, 15) is 14.7 Å². The lowest BCUT2D eigenvalue weighted by atomic mass is 10.1. The average Bonchev–Trinajstić information content (AvgIpc) is 2.88. The molecule has 0 radical (unpaired) electrons. The molecular weight excluding hydrogens is 334 g/mol. The molecule has 0 saturated heterocycles. The van der Waals surface area contributed by atoms with Crippen LogP contribution in [0.1, 0.15) is 26.5 Å². The fourth-order valence-electron chi connectivity index (χ4n) is 2.40. The van der Waals surface area contributed by atoms with Gasteiger partial charge in [-0.3, -0.25) is 4.79 Å². The maximum Gasteiger partial charge on any atom is 0.339 e. The van der Waals surface area contributed by atoms with E-state index in [1.54, 1.807) is 25.1 Å². The van der Waals surface area contributed by atoms with Gasteiger partial charge in [0.05, 0.1) is 5.02 Å². The Labute approximate surface area is 141 Å². The van der Waals surface area contributed by atoms with E-state index in [2.05, 4.69) is 5.32 Å². The molecule has 0 aliphatic heterocycles. The summed E-state index contributed by atoms with van der Waals surface area (Å²) in [5, 5.41) is 22.2. The minimum Gasteiger partial charge on any atom is -0.507 e. The van der Waals surface area contributed by atoms with Crippen molar-refractivity contribution in [2.24, 2.45) is 0 Å². The molecule has 0 unspecified atom stereocenters. The number of phenols is 1. The van der Waals surface area contributed by atoms with Gasteiger partial charge in [-0.15, -0.1) is 0 Å². The van der Waals surface area contributed by atoms with Crippen LogP contribution in [0.15, 0.2) is 40.8 Å². The molecule has 1 amide bonds. The Morgan fingerprint density at radius 1 is 1.21 bits per heavy atom. The number of aromatic carboxylic acids is 1. The summed E-state index contributed by atoms with van der Waals surface area (Å²) < 4.78 is 5.56. The van der Waals surface area contributed by atoms with Crippen molar-refractivity contribution in [3.63, 3.8) is 0 Å². The fraction of sp³-hybridized carbons (Fsp3) is 0.0588. The van der Waals surface area contributed by atoms with Crippen LogP contribution >= 0.6 is 11.6 Å². The second-order valence-electron chi connectivity index (χ2n) is 5.16. The summed E-state index contributed by atoms with van der Waals surface area (Å²) in [6.07, 6.45) is 0. The third-order valence-electron chi connectivity index (χ3n) is 3.61. The zero-order valence-electron chi connectivity index (χ0n) is 12.5. The maximum atomic E-state index is 12.4. The van der Waals surface area contributed by atoms with Crippen LogP contribution in [0.2, 0.25) is 5.02 Å². The molecular formula is C17H12ClNO5. The predicted octanol–water partition coefficient (Wildman–Crippen LogP) is 4.05. The number of fused-ring (bicyclic) bond motifs is 1. The van der Waals surface area contributed by atoms with Gasteiger partial charge in [-0.2, -0.15) is 0 Å². The number of hydrogen-bond acceptors (Lipinski definition) is 4. The fourth-order valence-corrected chi connectivity index (χ4v) is 2.61. The summed E-state index contributed by atoms with van der Waals surface area (Å²) in [6, 6.07) is 8.97. The number of carboxylic acid groups (broad SMARTS) is 1. The van der Waals surface area contributed by atoms with Gasteiger partial charge in [-0.25, -0.2) is 4.79 Å². The lowest BCUT2D eigenvalue weighted by Gasteiger charge is -2.06. The number of furan rings is 1. The van der Waals surface area contributed by atoms with Crippen molar-refractivity contribution in [1.82, 2.24) is 0 Å². The molecule has 0 bridgehead atoms. The Bertz CT molecular complexity index is 977. The Kier molecular flexibility index (Phi) is 3.91. The number of hydrogen-bond donors (Lipinski definition) is 3. The third kappa shape index (κ3) is 2.68. The maximum absolute atomic E-state index is 12.4. The highest BCUT2D eigenvalue weighted by molar-refractivity contribution is 6.35. The first-order valence-corrected chi connectivity index (χ1v) is 7.31. The van der Waals surface area contributed by atoms with Crippen molar-refractivity contribution < 1.29 is 24.2 Å². The van der Waals surface area contributed by atoms with Gasteiger partial charge in [0, 0.05) is 16.6 Å². The lowest BCUT2D eigenvalue weighted by Crippen LogP contribution is -2.12. The molecule has 3 N–H and O–H groups in total. The standard InChI is InChI=1S/C17H12ClNO5/c1-8-10-3-2-4-12(18)15(10)24-14(8)16(21)19-9-5-6-13(20)11(7-9)17(22)23/h2-7,20H,1H3,(H,19,21)(H,22,23). The molecule has 1 aromatic heterocycles. The molecule has 0 saturated carbocycles. The van der Waals surface area contributed by atoms with E-state index in [1.165, 1.54) is 18.2 Å². The van der Waals surface area contributed by atoms with Crippen LogP contribution in [0.25, 0.3) is 11.0 Å². The molecule has 6 nitrogen and oxygen atoms in total. The Hall–Kier alpha value is -2.99. The molecule has 0 fully saturated rings. The van der Waals surface area contributed by atoms with Gasteiger partial charge in [0.15, 0.2) is 11.3 Å². The molecule has 0 aliphatic carbocycles. The summed E-state index contributed by atoms with van der Waals surface area (Å²) >= 11 is 6.06. The van der Waals surface area contributed by atoms with E-state index in [-0.39, 0.29) is 22.8 Å². The number of carbonyl (C=O) groups is 2. The number of halogens is 1. The van der Waals surface area contributed by atoms with Crippen molar-refractivity contribution in [3.8, 4) is 5.75 Å². The van der Waals surface area contributed by atoms with Gasteiger partial charge >= 0.3 is 5.97 Å². The number of amides is 1. The van der Waals surface area contributed by atoms with E-state index in [0.717, 1.165) is 5.39 Å². The van der Waals surface area contributed by atoms with Crippen molar-refractivity contribution in [2.75, 3.05) is 5.32 Å². The summed E-state index contributed by atoms with van der Waals surface area (Å²) in [5.74, 6) is -2.13. The topological polar surface area (TPSA) is 99.8 Å². The minimum absolute atomic E-state index is 0.0862. The second kappa shape index (κ2) is 5.90. The number of carbonyl (C=O) groups excluding carboxylic acids is 1. The molecule has 3 rings (SSSR count). The van der Waals surface area contributed by atoms with Crippen LogP contribution in [0.5, 0.6) is 5.75 Å². The zero-order valence-corrected chi connectivity index (χ0v) is 13.2. The first-order chi connectivity index (χ1) is 11.4. The zero-order chi connectivity index (χ0) is 17.4. The molecule has 3 aromatic rings. The number of aromatic hydroxyl groups is 1. The van der Waals surface area contributed by atoms with Crippen molar-refractivity contribution in [2.45, 2.75) is 6.92 Å². The number of nitrogens with one attached hydrogen (secondary N) is 1. The van der Waals surface area contributed by atoms with Gasteiger partial charge in [-0.05, 0) is 31.2 Å². The van der Waals surface area contributed by atoms with Crippen LogP contribution in [0.4, 0.5) is 5.69 Å². The van der Waals surface area contributed by atoms with E-state index in [0.29, 0.717) is 16.2 Å². The summed E-state index contributed by atoms with van der Waals surface area (Å²) in [4.78, 5) is 23.5. The molecule has 7 heteroatoms. The number of carboxylic acids is 1. The number of anilines is 1. The van der Waals surface area contributed by atoms with Gasteiger partial charge in [0.2, 0.25) is 0 Å². The predicted molar refractivity (Wildman–Crippen MR) is 89.0 cm³/mol. The highest BCUT2D eigenvalue weighted by Crippen LogP contribution is 2.31. The molecule has 0 spiro atoms. The molecule has 24 heavy (non-hydrogen) atoms. The lowest BCUT2D eigenvalue weighted by molar-refractivity contribution is 0.0693. The number of rotatable bonds is 3. The Morgan fingerprint density at radius 2 is 1.96 bits per heavy atom. The quantitative estimate of drug-likeness (QED) is 0.622. The van der Waals surface area contributed by atoms with E-state index < -0.39 is 11.9 Å². The highest BCUT2D eigenvalue weighted by atomic mass is 35.5. The summed E-state index contributed by atoms with van der Waals surface area (Å²) in [7, 11) is 0. The minimum atomic E-state index is -1.30. The number of benzene rings is 2. The normalized spacial score (nSPS) is 10.8. The summed E-state index contributed by atoms with van der Waals surface area (Å²) in [5.41, 5.74) is 0.958. The Morgan fingerprint density at radius 3 is 2.62 bits per heavy atom. The third-order valence-corrected chi connectivity index (χ3v) is 3.90. The van der Waals surface area contributed by atoms with Crippen LogP contribution in [0, 0.1) is 6.92 Å². The van der Waals surface area contributed by atoms with E-state index in [1.807, 2.05) is 0 Å². The van der Waals surface area contributed by atoms with Crippen LogP contribution in [-0.2, 0) is 0 Å². The highest BCUT2D eigenvalue weighted by Gasteiger charge is 2.20.